The van der Waals surface area contributed by atoms with Gasteiger partial charge in [-0.15, -0.1) is 0 Å². The first-order valence-electron chi connectivity index (χ1n) is 14.6. The zero-order chi connectivity index (χ0) is 28.9. The number of carbonyl (C=O) groups excluding carboxylic acids is 1. The highest BCUT2D eigenvalue weighted by Gasteiger charge is 2.42. The van der Waals surface area contributed by atoms with Crippen molar-refractivity contribution in [3.63, 3.8) is 0 Å². The van der Waals surface area contributed by atoms with Crippen LogP contribution < -0.4 is 11.2 Å². The average Bonchev–Trinajstić information content (AvgIpc) is 3.37. The summed E-state index contributed by atoms with van der Waals surface area (Å²) < 4.78 is 7.02. The zero-order valence-electron chi connectivity index (χ0n) is 23.7. The Morgan fingerprint density at radius 2 is 1.80 bits per heavy atom. The molecule has 0 aliphatic carbocycles. The molecule has 2 N–H and O–H groups in total. The predicted molar refractivity (Wildman–Crippen MR) is 154 cm³/mol. The van der Waals surface area contributed by atoms with Gasteiger partial charge in [0.25, 0.3) is 5.56 Å². The highest BCUT2D eigenvalue weighted by Crippen LogP contribution is 2.33. The van der Waals surface area contributed by atoms with Crippen LogP contribution >= 0.6 is 0 Å². The summed E-state index contributed by atoms with van der Waals surface area (Å²) >= 11 is 0. The Bertz CT molecular complexity index is 1240. The van der Waals surface area contributed by atoms with Crippen LogP contribution in [0.25, 0.3) is 10.4 Å². The number of rotatable bonds is 17. The average molecular weight is 554 g/mol. The second-order valence-corrected chi connectivity index (χ2v) is 10.9. The van der Waals surface area contributed by atoms with E-state index in [1.54, 1.807) is 6.92 Å². The minimum absolute atomic E-state index is 0.105. The third-order valence-corrected chi connectivity index (χ3v) is 7.84. The van der Waals surface area contributed by atoms with Crippen LogP contribution in [0.4, 0.5) is 0 Å². The molecule has 0 bridgehead atoms. The van der Waals surface area contributed by atoms with Crippen molar-refractivity contribution in [2.45, 2.75) is 121 Å². The fraction of sp³-hybridized carbons (Fsp3) is 0.633. The number of aliphatic hydroxyl groups excluding tert-OH is 1. The Hall–Kier alpha value is -3.20. The molecule has 5 atom stereocenters. The highest BCUT2D eigenvalue weighted by atomic mass is 16.5. The maximum Gasteiger partial charge on any atom is 0.330 e. The van der Waals surface area contributed by atoms with Crippen LogP contribution in [-0.2, 0) is 9.53 Å². The lowest BCUT2D eigenvalue weighted by Gasteiger charge is -2.21. The number of azide groups is 1. The minimum Gasteiger partial charge on any atom is -0.383 e. The van der Waals surface area contributed by atoms with E-state index in [1.807, 2.05) is 0 Å². The Morgan fingerprint density at radius 3 is 2.50 bits per heavy atom. The van der Waals surface area contributed by atoms with Gasteiger partial charge in [-0.25, -0.2) is 4.79 Å². The van der Waals surface area contributed by atoms with Gasteiger partial charge < -0.3 is 9.84 Å². The van der Waals surface area contributed by atoms with Crippen molar-refractivity contribution in [1.82, 2.24) is 9.55 Å². The fourth-order valence-corrected chi connectivity index (χ4v) is 5.49. The lowest BCUT2D eigenvalue weighted by Crippen LogP contribution is -2.39. The number of benzene rings is 1. The molecule has 2 aromatic rings. The molecule has 1 aromatic heterocycles. The maximum absolute atomic E-state index is 12.7. The minimum atomic E-state index is -1.46. The first-order chi connectivity index (χ1) is 19.3. The van der Waals surface area contributed by atoms with Gasteiger partial charge in [0.05, 0.1) is 6.04 Å². The van der Waals surface area contributed by atoms with Crippen molar-refractivity contribution in [2.24, 2.45) is 5.11 Å². The Balaban J connectivity index is 1.40. The summed E-state index contributed by atoms with van der Waals surface area (Å²) in [5, 5.41) is 14.4. The van der Waals surface area contributed by atoms with E-state index in [9.17, 15) is 19.5 Å². The number of ketones is 1. The lowest BCUT2D eigenvalue weighted by atomic mass is 9.88. The number of nitrogens with one attached hydrogen (secondary N) is 1. The molecule has 0 radical (unpaired) electrons. The number of Topliss-reactive ketones (excluding diaryl/α,β-unsaturated/α-hetero) is 1. The van der Waals surface area contributed by atoms with Gasteiger partial charge in [-0.05, 0) is 43.2 Å². The van der Waals surface area contributed by atoms with E-state index in [-0.39, 0.29) is 18.6 Å². The van der Waals surface area contributed by atoms with E-state index in [4.69, 9.17) is 10.3 Å². The van der Waals surface area contributed by atoms with E-state index < -0.39 is 35.7 Å². The molecular weight excluding hydrogens is 510 g/mol. The largest absolute Gasteiger partial charge is 0.383 e. The van der Waals surface area contributed by atoms with E-state index in [0.717, 1.165) is 19.3 Å². The molecule has 1 aliphatic rings. The summed E-state index contributed by atoms with van der Waals surface area (Å²) in [5.41, 5.74) is 9.55. The smallest absolute Gasteiger partial charge is 0.330 e. The molecule has 10 nitrogen and oxygen atoms in total. The summed E-state index contributed by atoms with van der Waals surface area (Å²) in [7, 11) is 0. The van der Waals surface area contributed by atoms with Crippen LogP contribution in [0.2, 0.25) is 0 Å². The SMILES string of the molecule is CCCCC(CCCCCCCCC(=O)C(O)[C@H]1O[C@@H](n2cc(C)c(=O)[nH]c2=O)C[C@@H]1N=[N+]=[N-])c1ccccc1. The van der Waals surface area contributed by atoms with Gasteiger partial charge in [-0.1, -0.05) is 87.3 Å². The Morgan fingerprint density at radius 1 is 1.12 bits per heavy atom. The summed E-state index contributed by atoms with van der Waals surface area (Å²) in [6.07, 6.45) is 9.27. The molecule has 10 heteroatoms. The summed E-state index contributed by atoms with van der Waals surface area (Å²) in [4.78, 5) is 41.7. The molecule has 0 spiro atoms. The third kappa shape index (κ3) is 8.91. The molecule has 0 amide bonds. The Labute approximate surface area is 235 Å². The summed E-state index contributed by atoms with van der Waals surface area (Å²) in [6.45, 7) is 3.79. The van der Waals surface area contributed by atoms with E-state index >= 15 is 0 Å². The van der Waals surface area contributed by atoms with Crippen LogP contribution in [0.5, 0.6) is 0 Å². The van der Waals surface area contributed by atoms with Gasteiger partial charge in [-0.3, -0.25) is 19.1 Å². The second-order valence-electron chi connectivity index (χ2n) is 10.9. The van der Waals surface area contributed by atoms with E-state index in [0.29, 0.717) is 17.9 Å². The second kappa shape index (κ2) is 16.2. The van der Waals surface area contributed by atoms with Crippen molar-refractivity contribution in [3.8, 4) is 0 Å². The monoisotopic (exact) mass is 553 g/mol. The predicted octanol–water partition coefficient (Wildman–Crippen LogP) is 5.84. The van der Waals surface area contributed by atoms with Crippen molar-refractivity contribution in [2.75, 3.05) is 0 Å². The number of nitrogens with zero attached hydrogens (tertiary/aromatic N) is 4. The molecule has 1 aromatic carbocycles. The number of H-pyrrole nitrogens is 1. The van der Waals surface area contributed by atoms with Crippen molar-refractivity contribution >= 4 is 5.78 Å². The molecule has 218 valence electrons. The Kier molecular flexibility index (Phi) is 12.7. The van der Waals surface area contributed by atoms with Crippen LogP contribution in [0.3, 0.4) is 0 Å². The van der Waals surface area contributed by atoms with Crippen molar-refractivity contribution in [1.29, 1.82) is 0 Å². The molecule has 0 saturated carbocycles. The number of aryl methyl sites for hydroxylation is 1. The topological polar surface area (TPSA) is 150 Å². The molecule has 2 heterocycles. The molecular formula is C30H43N5O5. The molecule has 3 rings (SSSR count). The lowest BCUT2D eigenvalue weighted by molar-refractivity contribution is -0.137. The van der Waals surface area contributed by atoms with Crippen molar-refractivity contribution < 1.29 is 14.6 Å². The number of unbranched alkanes of at least 4 members (excludes halogenated alkanes) is 6. The van der Waals surface area contributed by atoms with Gasteiger partial charge in [0, 0.05) is 29.5 Å². The number of ether oxygens (including phenoxy) is 1. The van der Waals surface area contributed by atoms with Crippen LogP contribution in [0, 0.1) is 6.92 Å². The number of aromatic nitrogens is 2. The number of hydrogen-bond acceptors (Lipinski definition) is 6. The van der Waals surface area contributed by atoms with E-state index in [1.165, 1.54) is 54.9 Å². The maximum atomic E-state index is 12.7. The summed E-state index contributed by atoms with van der Waals surface area (Å²) in [5.74, 6) is 0.258. The molecule has 1 fully saturated rings. The van der Waals surface area contributed by atoms with Gasteiger partial charge in [-0.2, -0.15) is 0 Å². The number of hydrogen-bond donors (Lipinski definition) is 2. The first kappa shape index (κ1) is 31.3. The van der Waals surface area contributed by atoms with Crippen molar-refractivity contribution in [3.05, 3.63) is 78.9 Å². The molecule has 2 unspecified atom stereocenters. The molecule has 1 saturated heterocycles. The fourth-order valence-electron chi connectivity index (χ4n) is 5.49. The summed E-state index contributed by atoms with van der Waals surface area (Å²) in [6, 6.07) is 9.97. The van der Waals surface area contributed by atoms with Gasteiger partial charge >= 0.3 is 5.69 Å². The number of carbonyl (C=O) groups is 1. The van der Waals surface area contributed by atoms with Gasteiger partial charge in [0.2, 0.25) is 0 Å². The quantitative estimate of drug-likeness (QED) is 0.109. The van der Waals surface area contributed by atoms with Crippen LogP contribution in [-0.4, -0.2) is 38.7 Å². The normalized spacial score (nSPS) is 20.1. The zero-order valence-corrected chi connectivity index (χ0v) is 23.7. The standard InChI is InChI=1S/C30H43N5O5/c1-3-4-14-22(23-16-11-9-12-17-23)15-10-7-5-6-8-13-18-25(36)27(37)28-24(33-34-31)19-26(40-28)35-20-21(2)29(38)32-30(35)39/h9,11-12,16-17,20,22,24,26-28,37H,3-8,10,13-15,18-19H2,1-2H3,(H,32,38,39)/t22?,24-,26+,27?,28-/m0/s1. The number of aliphatic hydroxyl groups is 1. The van der Waals surface area contributed by atoms with Gasteiger partial charge in [0.15, 0.2) is 5.78 Å². The van der Waals surface area contributed by atoms with Crippen LogP contribution in [0.15, 0.2) is 51.2 Å². The molecule has 1 aliphatic heterocycles. The third-order valence-electron chi connectivity index (χ3n) is 7.84. The molecule has 40 heavy (non-hydrogen) atoms. The number of aromatic amines is 1. The van der Waals surface area contributed by atoms with Gasteiger partial charge in [0.1, 0.15) is 18.4 Å². The first-order valence-corrected chi connectivity index (χ1v) is 14.6. The highest BCUT2D eigenvalue weighted by molar-refractivity contribution is 5.83. The van der Waals surface area contributed by atoms with Crippen LogP contribution in [0.1, 0.15) is 107 Å². The van der Waals surface area contributed by atoms with E-state index in [2.05, 4.69) is 52.3 Å².